The summed E-state index contributed by atoms with van der Waals surface area (Å²) in [6.07, 6.45) is 9.81. The highest BCUT2D eigenvalue weighted by molar-refractivity contribution is 5.73. The van der Waals surface area contributed by atoms with Gasteiger partial charge in [0.1, 0.15) is 6.10 Å². The fourth-order valence-electron chi connectivity index (χ4n) is 5.74. The molecule has 2 aliphatic heterocycles. The van der Waals surface area contributed by atoms with E-state index in [-0.39, 0.29) is 29.4 Å². The number of piperidine rings is 1. The standard InChI is InChI=1S/C21H23NO5.C3H6.C2H4/c1-11(23)25-16-6-4-13-10-15-14-5-7-17(26-12(2)24)20-21(14,8-9-22(15)3)18(13)19(16)27-20;1-2-3-1;1-2/h4-7,14-15,17,20H,8-10H2,1-3H3;1-3H2;1-2H2/t14-,15+,17-,20-,21-;;/m0../s1. The van der Waals surface area contributed by atoms with E-state index in [4.69, 9.17) is 14.2 Å². The van der Waals surface area contributed by atoms with Crippen molar-refractivity contribution in [1.29, 1.82) is 0 Å². The number of rotatable bonds is 2. The van der Waals surface area contributed by atoms with Crippen LogP contribution in [-0.4, -0.2) is 48.7 Å². The Bertz CT molecular complexity index is 936. The molecule has 2 heterocycles. The Balaban J connectivity index is 0.000000444. The van der Waals surface area contributed by atoms with Crippen molar-refractivity contribution in [2.75, 3.05) is 13.6 Å². The van der Waals surface area contributed by atoms with Gasteiger partial charge in [0.2, 0.25) is 0 Å². The van der Waals surface area contributed by atoms with Crippen molar-refractivity contribution >= 4 is 11.9 Å². The number of likely N-dealkylation sites (N-methyl/N-ethyl adjacent to an activating group) is 1. The van der Waals surface area contributed by atoms with Crippen LogP contribution in [0.5, 0.6) is 11.5 Å². The molecule has 0 unspecified atom stereocenters. The molecule has 6 heteroatoms. The molecule has 2 fully saturated rings. The average Bonchev–Trinajstić information content (AvgIpc) is 3.60. The van der Waals surface area contributed by atoms with Crippen LogP contribution < -0.4 is 9.47 Å². The smallest absolute Gasteiger partial charge is 0.308 e. The summed E-state index contributed by atoms with van der Waals surface area (Å²) in [4.78, 5) is 25.7. The van der Waals surface area contributed by atoms with Crippen LogP contribution in [0.2, 0.25) is 0 Å². The third kappa shape index (κ3) is 3.64. The predicted octanol–water partition coefficient (Wildman–Crippen LogP) is 3.96. The van der Waals surface area contributed by atoms with Gasteiger partial charge < -0.3 is 19.1 Å². The summed E-state index contributed by atoms with van der Waals surface area (Å²) >= 11 is 0. The maximum Gasteiger partial charge on any atom is 0.308 e. The molecule has 0 aromatic heterocycles. The third-order valence-electron chi connectivity index (χ3n) is 7.02. The minimum Gasteiger partial charge on any atom is -0.481 e. The molecule has 1 aromatic carbocycles. The highest BCUT2D eigenvalue weighted by atomic mass is 16.6. The van der Waals surface area contributed by atoms with Crippen molar-refractivity contribution in [3.8, 4) is 11.5 Å². The number of likely N-dealkylation sites (tertiary alicyclic amines) is 1. The summed E-state index contributed by atoms with van der Waals surface area (Å²) in [6.45, 7) is 9.77. The first-order chi connectivity index (χ1) is 15.4. The first-order valence-electron chi connectivity index (χ1n) is 11.5. The summed E-state index contributed by atoms with van der Waals surface area (Å²) in [5.41, 5.74) is 2.15. The highest BCUT2D eigenvalue weighted by Crippen LogP contribution is 2.62. The van der Waals surface area contributed by atoms with Gasteiger partial charge in [0, 0.05) is 36.8 Å². The van der Waals surface area contributed by atoms with Crippen LogP contribution in [0.4, 0.5) is 0 Å². The number of carbonyl (C=O) groups excluding carboxylic acids is 2. The molecule has 5 aliphatic rings. The largest absolute Gasteiger partial charge is 0.481 e. The fourth-order valence-corrected chi connectivity index (χ4v) is 5.74. The van der Waals surface area contributed by atoms with Crippen molar-refractivity contribution in [2.45, 2.75) is 69.6 Å². The van der Waals surface area contributed by atoms with E-state index in [9.17, 15) is 9.59 Å². The van der Waals surface area contributed by atoms with Crippen LogP contribution in [0.25, 0.3) is 0 Å². The third-order valence-corrected chi connectivity index (χ3v) is 7.02. The Morgan fingerprint density at radius 1 is 1.12 bits per heavy atom. The van der Waals surface area contributed by atoms with Crippen LogP contribution in [0.3, 0.4) is 0 Å². The van der Waals surface area contributed by atoms with Crippen molar-refractivity contribution in [3.05, 3.63) is 48.6 Å². The van der Waals surface area contributed by atoms with E-state index in [0.29, 0.717) is 17.5 Å². The second kappa shape index (κ2) is 8.74. The number of carbonyl (C=O) groups is 2. The summed E-state index contributed by atoms with van der Waals surface area (Å²) in [6, 6.07) is 4.28. The van der Waals surface area contributed by atoms with E-state index in [0.717, 1.165) is 24.9 Å². The van der Waals surface area contributed by atoms with Gasteiger partial charge in [0.25, 0.3) is 0 Å². The molecule has 3 aliphatic carbocycles. The quantitative estimate of drug-likeness (QED) is 0.395. The lowest BCUT2D eigenvalue weighted by molar-refractivity contribution is -0.152. The van der Waals surface area contributed by atoms with Crippen LogP contribution >= 0.6 is 0 Å². The van der Waals surface area contributed by atoms with Crippen molar-refractivity contribution in [1.82, 2.24) is 4.90 Å². The summed E-state index contributed by atoms with van der Waals surface area (Å²) in [7, 11) is 2.17. The highest BCUT2D eigenvalue weighted by Gasteiger charge is 2.65. The molecule has 1 saturated carbocycles. The molecule has 0 amide bonds. The number of ether oxygens (including phenoxy) is 3. The summed E-state index contributed by atoms with van der Waals surface area (Å²) in [5, 5.41) is 0. The van der Waals surface area contributed by atoms with Gasteiger partial charge in [-0.1, -0.05) is 31.4 Å². The van der Waals surface area contributed by atoms with E-state index in [1.165, 1.54) is 38.7 Å². The molecule has 0 N–H and O–H groups in total. The van der Waals surface area contributed by atoms with Crippen molar-refractivity contribution < 1.29 is 23.8 Å². The van der Waals surface area contributed by atoms with Crippen LogP contribution in [0.15, 0.2) is 37.4 Å². The maximum atomic E-state index is 11.7. The van der Waals surface area contributed by atoms with Crippen LogP contribution in [-0.2, 0) is 26.2 Å². The lowest BCUT2D eigenvalue weighted by atomic mass is 9.53. The second-order valence-corrected chi connectivity index (χ2v) is 9.15. The molecule has 2 bridgehead atoms. The van der Waals surface area contributed by atoms with Gasteiger partial charge in [-0.25, -0.2) is 0 Å². The summed E-state index contributed by atoms with van der Waals surface area (Å²) in [5.74, 6) is 0.712. The molecular weight excluding hydrogens is 406 g/mol. The Morgan fingerprint density at radius 3 is 2.47 bits per heavy atom. The number of esters is 2. The van der Waals surface area contributed by atoms with E-state index in [1.807, 2.05) is 12.1 Å². The lowest BCUT2D eigenvalue weighted by Gasteiger charge is -2.56. The Kier molecular flexibility index (Phi) is 6.17. The van der Waals surface area contributed by atoms with Gasteiger partial charge in [0.15, 0.2) is 17.6 Å². The van der Waals surface area contributed by atoms with Gasteiger partial charge in [0.05, 0.1) is 0 Å². The van der Waals surface area contributed by atoms with Gasteiger partial charge in [-0.3, -0.25) is 9.59 Å². The molecule has 6 nitrogen and oxygen atoms in total. The van der Waals surface area contributed by atoms with Gasteiger partial charge in [-0.15, -0.1) is 13.2 Å². The minimum atomic E-state index is -0.439. The fraction of sp³-hybridized carbons (Fsp3) is 0.538. The predicted molar refractivity (Wildman–Crippen MR) is 122 cm³/mol. The lowest BCUT2D eigenvalue weighted by Crippen LogP contribution is -2.65. The second-order valence-electron chi connectivity index (χ2n) is 9.15. The maximum absolute atomic E-state index is 11.7. The average molecular weight is 440 g/mol. The van der Waals surface area contributed by atoms with Gasteiger partial charge in [-0.2, -0.15) is 0 Å². The molecular formula is C26H33NO5. The molecule has 32 heavy (non-hydrogen) atoms. The molecule has 1 aromatic rings. The van der Waals surface area contributed by atoms with E-state index in [2.05, 4.69) is 37.2 Å². The van der Waals surface area contributed by atoms with E-state index >= 15 is 0 Å². The Hall–Kier alpha value is -2.60. The Morgan fingerprint density at radius 2 is 1.84 bits per heavy atom. The van der Waals surface area contributed by atoms with E-state index in [1.54, 1.807) is 0 Å². The van der Waals surface area contributed by atoms with E-state index < -0.39 is 6.10 Å². The monoisotopic (exact) mass is 439 g/mol. The SMILES string of the molecule is C1CC1.C=C.CC(=O)Oc1ccc2c3c1O[C@H]1[C@@H](OC(C)=O)C=C[C@H]4[C@@H](C2)N(C)CC[C@@]341. The van der Waals surface area contributed by atoms with Gasteiger partial charge >= 0.3 is 11.9 Å². The topological polar surface area (TPSA) is 65.1 Å². The van der Waals surface area contributed by atoms with Crippen molar-refractivity contribution in [2.24, 2.45) is 5.92 Å². The van der Waals surface area contributed by atoms with Crippen LogP contribution in [0.1, 0.15) is 50.7 Å². The Labute approximate surface area is 190 Å². The number of benzene rings is 1. The summed E-state index contributed by atoms with van der Waals surface area (Å²) < 4.78 is 17.5. The zero-order valence-corrected chi connectivity index (χ0v) is 19.3. The van der Waals surface area contributed by atoms with Crippen LogP contribution in [0, 0.1) is 5.92 Å². The number of hydrogen-bond donors (Lipinski definition) is 0. The molecule has 1 saturated heterocycles. The minimum absolute atomic E-state index is 0.245. The molecule has 0 radical (unpaired) electrons. The van der Waals surface area contributed by atoms with Gasteiger partial charge in [-0.05, 0) is 44.1 Å². The number of nitrogens with zero attached hydrogens (tertiary/aromatic N) is 1. The van der Waals surface area contributed by atoms with Crippen molar-refractivity contribution in [3.63, 3.8) is 0 Å². The normalized spacial score (nSPS) is 32.1. The molecule has 172 valence electrons. The molecule has 6 rings (SSSR count). The molecule has 5 atom stereocenters. The first-order valence-corrected chi connectivity index (χ1v) is 11.5. The zero-order chi connectivity index (χ0) is 23.0. The zero-order valence-electron chi connectivity index (χ0n) is 19.3. The number of hydrogen-bond acceptors (Lipinski definition) is 6. The molecule has 1 spiro atoms. The first kappa shape index (κ1) is 22.6.